The van der Waals surface area contributed by atoms with Crippen LogP contribution in [0.5, 0.6) is 5.75 Å². The first-order valence-electron chi connectivity index (χ1n) is 6.84. The minimum atomic E-state index is 0.0490. The molecule has 0 radical (unpaired) electrons. The molecule has 1 N–H and O–H groups in total. The summed E-state index contributed by atoms with van der Waals surface area (Å²) >= 11 is 2.21. The Bertz CT molecular complexity index is 519. The van der Waals surface area contributed by atoms with Crippen molar-refractivity contribution in [2.75, 3.05) is 13.1 Å². The highest BCUT2D eigenvalue weighted by molar-refractivity contribution is 14.1. The predicted molar refractivity (Wildman–Crippen MR) is 89.9 cm³/mol. The number of hydrogen-bond donors (Lipinski definition) is 1. The molecular formula is C16H19IN2O. The summed E-state index contributed by atoms with van der Waals surface area (Å²) in [5.74, 6) is 0.846. The highest BCUT2D eigenvalue weighted by atomic mass is 127. The molecule has 2 aromatic rings. The zero-order valence-electron chi connectivity index (χ0n) is 11.6. The van der Waals surface area contributed by atoms with Gasteiger partial charge in [0.25, 0.3) is 0 Å². The summed E-state index contributed by atoms with van der Waals surface area (Å²) in [4.78, 5) is 4.27. The molecular weight excluding hydrogens is 363 g/mol. The van der Waals surface area contributed by atoms with E-state index in [1.54, 1.807) is 6.20 Å². The molecule has 3 nitrogen and oxygen atoms in total. The number of nitrogens with zero attached hydrogens (tertiary/aromatic N) is 1. The minimum absolute atomic E-state index is 0.0490. The molecule has 0 saturated carbocycles. The lowest BCUT2D eigenvalue weighted by Gasteiger charge is -2.20. The molecule has 1 heterocycles. The molecule has 2 rings (SSSR count). The van der Waals surface area contributed by atoms with Gasteiger partial charge in [-0.2, -0.15) is 0 Å². The van der Waals surface area contributed by atoms with Gasteiger partial charge in [-0.25, -0.2) is 4.98 Å². The smallest absolute Gasteiger partial charge is 0.152 e. The maximum absolute atomic E-state index is 6.17. The van der Waals surface area contributed by atoms with Crippen LogP contribution in [0.2, 0.25) is 0 Å². The van der Waals surface area contributed by atoms with Crippen LogP contribution in [0.15, 0.2) is 48.7 Å². The van der Waals surface area contributed by atoms with Crippen LogP contribution < -0.4 is 10.1 Å². The summed E-state index contributed by atoms with van der Waals surface area (Å²) in [6, 6.07) is 14.2. The van der Waals surface area contributed by atoms with E-state index in [0.717, 1.165) is 29.0 Å². The highest BCUT2D eigenvalue weighted by Crippen LogP contribution is 2.27. The Hall–Kier alpha value is -1.14. The molecule has 1 atom stereocenters. The Labute approximate surface area is 133 Å². The molecule has 0 bridgehead atoms. The highest BCUT2D eigenvalue weighted by Gasteiger charge is 2.14. The molecule has 106 valence electrons. The molecule has 4 heteroatoms. The second kappa shape index (κ2) is 8.21. The number of aromatic nitrogens is 1. The normalized spacial score (nSPS) is 12.1. The topological polar surface area (TPSA) is 34.1 Å². The Morgan fingerprint density at radius 2 is 2.00 bits per heavy atom. The fraction of sp³-hybridized carbons (Fsp3) is 0.312. The number of hydrogen-bond acceptors (Lipinski definition) is 3. The van der Waals surface area contributed by atoms with Gasteiger partial charge in [-0.1, -0.05) is 37.3 Å². The summed E-state index contributed by atoms with van der Waals surface area (Å²) in [6.07, 6.45) is 2.76. The van der Waals surface area contributed by atoms with Crippen molar-refractivity contribution in [2.45, 2.75) is 19.4 Å². The lowest BCUT2D eigenvalue weighted by atomic mass is 10.1. The molecule has 0 aliphatic heterocycles. The van der Waals surface area contributed by atoms with Crippen molar-refractivity contribution < 1.29 is 4.74 Å². The van der Waals surface area contributed by atoms with E-state index in [0.29, 0.717) is 0 Å². The second-order valence-corrected chi connectivity index (χ2v) is 5.47. The Balaban J connectivity index is 2.12. The van der Waals surface area contributed by atoms with E-state index in [9.17, 15) is 0 Å². The molecule has 0 aliphatic rings. The number of nitrogens with one attached hydrogen (secondary N) is 1. The van der Waals surface area contributed by atoms with Crippen molar-refractivity contribution >= 4 is 22.6 Å². The van der Waals surface area contributed by atoms with Gasteiger partial charge in [0.1, 0.15) is 9.80 Å². The lowest BCUT2D eigenvalue weighted by Crippen LogP contribution is -2.19. The van der Waals surface area contributed by atoms with Gasteiger partial charge in [-0.05, 0) is 53.4 Å². The quantitative estimate of drug-likeness (QED) is 0.449. The molecule has 0 saturated heterocycles. The van der Waals surface area contributed by atoms with Gasteiger partial charge in [0.15, 0.2) is 5.75 Å². The Morgan fingerprint density at radius 1 is 1.20 bits per heavy atom. The molecule has 1 aromatic heterocycles. The van der Waals surface area contributed by atoms with Crippen molar-refractivity contribution in [1.29, 1.82) is 0 Å². The first-order valence-corrected chi connectivity index (χ1v) is 7.92. The molecule has 0 spiro atoms. The average molecular weight is 382 g/mol. The van der Waals surface area contributed by atoms with E-state index in [1.807, 2.05) is 30.3 Å². The summed E-state index contributed by atoms with van der Waals surface area (Å²) in [6.45, 7) is 4.03. The van der Waals surface area contributed by atoms with Crippen molar-refractivity contribution in [3.05, 3.63) is 57.9 Å². The van der Waals surface area contributed by atoms with Crippen LogP contribution in [0.1, 0.15) is 25.0 Å². The first kappa shape index (κ1) is 15.3. The number of ether oxygens (including phenoxy) is 1. The van der Waals surface area contributed by atoms with Crippen LogP contribution in [0.25, 0.3) is 0 Å². The van der Waals surface area contributed by atoms with Gasteiger partial charge in [0.05, 0.1) is 0 Å². The van der Waals surface area contributed by atoms with Gasteiger partial charge in [0, 0.05) is 12.6 Å². The molecule has 0 fully saturated rings. The third kappa shape index (κ3) is 4.45. The van der Waals surface area contributed by atoms with Crippen LogP contribution in [-0.4, -0.2) is 18.1 Å². The predicted octanol–water partition coefficient (Wildman–Crippen LogP) is 3.81. The molecule has 0 unspecified atom stereocenters. The van der Waals surface area contributed by atoms with E-state index in [-0.39, 0.29) is 6.10 Å². The number of pyridine rings is 1. The van der Waals surface area contributed by atoms with E-state index in [4.69, 9.17) is 4.74 Å². The van der Waals surface area contributed by atoms with Crippen molar-refractivity contribution in [3.8, 4) is 5.75 Å². The standard InChI is InChI=1S/C16H19IN2O/c1-2-18-12-10-14(13-7-4-3-5-8-13)20-15-9-6-11-19-16(15)17/h3-9,11,14,18H,2,10,12H2,1H3/t14-/m1/s1. The molecule has 0 amide bonds. The molecule has 20 heavy (non-hydrogen) atoms. The van der Waals surface area contributed by atoms with Crippen LogP contribution in [-0.2, 0) is 0 Å². The van der Waals surface area contributed by atoms with E-state index in [1.165, 1.54) is 5.56 Å². The average Bonchev–Trinajstić information content (AvgIpc) is 2.49. The maximum atomic E-state index is 6.17. The molecule has 0 aliphatic carbocycles. The monoisotopic (exact) mass is 382 g/mol. The third-order valence-electron chi connectivity index (χ3n) is 3.00. The van der Waals surface area contributed by atoms with Gasteiger partial charge in [-0.3, -0.25) is 0 Å². The van der Waals surface area contributed by atoms with Crippen LogP contribution in [0.3, 0.4) is 0 Å². The van der Waals surface area contributed by atoms with Crippen LogP contribution >= 0.6 is 22.6 Å². The Kier molecular flexibility index (Phi) is 6.26. The second-order valence-electron chi connectivity index (χ2n) is 4.45. The fourth-order valence-corrected chi connectivity index (χ4v) is 2.45. The van der Waals surface area contributed by atoms with Crippen molar-refractivity contribution in [1.82, 2.24) is 10.3 Å². The minimum Gasteiger partial charge on any atom is -0.483 e. The van der Waals surface area contributed by atoms with E-state index >= 15 is 0 Å². The zero-order valence-corrected chi connectivity index (χ0v) is 13.7. The van der Waals surface area contributed by atoms with Crippen LogP contribution in [0.4, 0.5) is 0 Å². The third-order valence-corrected chi connectivity index (χ3v) is 3.81. The van der Waals surface area contributed by atoms with E-state index < -0.39 is 0 Å². The maximum Gasteiger partial charge on any atom is 0.152 e. The number of benzene rings is 1. The van der Waals surface area contributed by atoms with Gasteiger partial charge >= 0.3 is 0 Å². The summed E-state index contributed by atoms with van der Waals surface area (Å²) < 4.78 is 7.07. The lowest BCUT2D eigenvalue weighted by molar-refractivity contribution is 0.192. The zero-order chi connectivity index (χ0) is 14.2. The van der Waals surface area contributed by atoms with Crippen LogP contribution in [0, 0.1) is 3.70 Å². The Morgan fingerprint density at radius 3 is 2.70 bits per heavy atom. The fourth-order valence-electron chi connectivity index (χ4n) is 1.98. The van der Waals surface area contributed by atoms with Gasteiger partial charge in [-0.15, -0.1) is 0 Å². The molecule has 1 aromatic carbocycles. The number of rotatable bonds is 7. The first-order chi connectivity index (χ1) is 9.81. The largest absolute Gasteiger partial charge is 0.483 e. The van der Waals surface area contributed by atoms with Gasteiger partial charge in [0.2, 0.25) is 0 Å². The van der Waals surface area contributed by atoms with E-state index in [2.05, 4.69) is 51.9 Å². The number of halogens is 1. The summed E-state index contributed by atoms with van der Waals surface area (Å²) in [5, 5.41) is 3.35. The van der Waals surface area contributed by atoms with Gasteiger partial charge < -0.3 is 10.1 Å². The van der Waals surface area contributed by atoms with Crippen molar-refractivity contribution in [3.63, 3.8) is 0 Å². The summed E-state index contributed by atoms with van der Waals surface area (Å²) in [5.41, 5.74) is 1.20. The SMILES string of the molecule is CCNCC[C@@H](Oc1cccnc1I)c1ccccc1. The summed E-state index contributed by atoms with van der Waals surface area (Å²) in [7, 11) is 0. The van der Waals surface area contributed by atoms with Crippen molar-refractivity contribution in [2.24, 2.45) is 0 Å².